The average Bonchev–Trinajstić information content (AvgIpc) is 2.19. The number of rotatable bonds is 4. The van der Waals surface area contributed by atoms with E-state index in [1.807, 2.05) is 0 Å². The third-order valence-electron chi connectivity index (χ3n) is 1.73. The summed E-state index contributed by atoms with van der Waals surface area (Å²) in [5.41, 5.74) is 0. The first-order valence-electron chi connectivity index (χ1n) is 4.32. The van der Waals surface area contributed by atoms with Crippen LogP contribution in [0.2, 0.25) is 0 Å². The molecule has 0 saturated heterocycles. The first kappa shape index (κ1) is 10.9. The third kappa shape index (κ3) is 2.96. The maximum Gasteiger partial charge on any atom is 0.165 e. The lowest BCUT2D eigenvalue weighted by Crippen LogP contribution is -2.12. The number of ether oxygens (including phenoxy) is 1. The van der Waals surface area contributed by atoms with Crippen LogP contribution in [0.4, 0.5) is 8.78 Å². The molecule has 0 aromatic heterocycles. The normalized spacial score (nSPS) is 12.6. The van der Waals surface area contributed by atoms with Gasteiger partial charge in [0.1, 0.15) is 5.82 Å². The molecule has 0 amide bonds. The van der Waals surface area contributed by atoms with Gasteiger partial charge in [-0.2, -0.15) is 0 Å². The Morgan fingerprint density at radius 2 is 2.14 bits per heavy atom. The molecule has 0 spiro atoms. The Morgan fingerprint density at radius 3 is 2.79 bits per heavy atom. The molecule has 0 radical (unpaired) electrons. The van der Waals surface area contributed by atoms with E-state index in [0.717, 1.165) is 18.2 Å². The van der Waals surface area contributed by atoms with Gasteiger partial charge >= 0.3 is 0 Å². The van der Waals surface area contributed by atoms with Gasteiger partial charge < -0.3 is 9.84 Å². The van der Waals surface area contributed by atoms with Crippen LogP contribution in [-0.2, 0) is 0 Å². The lowest BCUT2D eigenvalue weighted by Gasteiger charge is -2.10. The average molecular weight is 202 g/mol. The van der Waals surface area contributed by atoms with Crippen LogP contribution in [0.15, 0.2) is 18.2 Å². The lowest BCUT2D eigenvalue weighted by molar-refractivity contribution is 0.170. The van der Waals surface area contributed by atoms with Crippen LogP contribution in [0.3, 0.4) is 0 Å². The first-order chi connectivity index (χ1) is 6.63. The molecule has 1 unspecified atom stereocenters. The van der Waals surface area contributed by atoms with Crippen LogP contribution in [0, 0.1) is 17.6 Å². The van der Waals surface area contributed by atoms with Crippen molar-refractivity contribution >= 4 is 0 Å². The summed E-state index contributed by atoms with van der Waals surface area (Å²) in [6.07, 6.45) is 0. The SMILES string of the molecule is CC(CO)COc1cc(F)ccc1F. The number of hydrogen-bond donors (Lipinski definition) is 1. The van der Waals surface area contributed by atoms with Gasteiger partial charge in [-0.15, -0.1) is 0 Å². The van der Waals surface area contributed by atoms with Crippen molar-refractivity contribution in [3.63, 3.8) is 0 Å². The van der Waals surface area contributed by atoms with E-state index < -0.39 is 11.6 Å². The Bertz CT molecular complexity index is 302. The van der Waals surface area contributed by atoms with Crippen molar-refractivity contribution in [3.8, 4) is 5.75 Å². The number of aliphatic hydroxyl groups is 1. The van der Waals surface area contributed by atoms with E-state index in [2.05, 4.69) is 0 Å². The summed E-state index contributed by atoms with van der Waals surface area (Å²) in [5.74, 6) is -1.36. The van der Waals surface area contributed by atoms with E-state index in [-0.39, 0.29) is 24.9 Å². The molecular weight excluding hydrogens is 190 g/mol. The summed E-state index contributed by atoms with van der Waals surface area (Å²) in [4.78, 5) is 0. The first-order valence-corrected chi connectivity index (χ1v) is 4.32. The van der Waals surface area contributed by atoms with Crippen LogP contribution in [0.5, 0.6) is 5.75 Å². The number of hydrogen-bond acceptors (Lipinski definition) is 2. The van der Waals surface area contributed by atoms with Gasteiger partial charge in [0.25, 0.3) is 0 Å². The summed E-state index contributed by atoms with van der Waals surface area (Å²) in [6, 6.07) is 3.02. The molecule has 0 aliphatic carbocycles. The van der Waals surface area contributed by atoms with E-state index in [1.165, 1.54) is 0 Å². The topological polar surface area (TPSA) is 29.5 Å². The zero-order chi connectivity index (χ0) is 10.6. The van der Waals surface area contributed by atoms with Gasteiger partial charge in [0.15, 0.2) is 11.6 Å². The molecule has 0 heterocycles. The standard InChI is InChI=1S/C10H12F2O2/c1-7(5-13)6-14-10-4-8(11)2-3-9(10)12/h2-4,7,13H,5-6H2,1H3. The summed E-state index contributed by atoms with van der Waals surface area (Å²) in [6.45, 7) is 1.87. The molecule has 1 rings (SSSR count). The predicted octanol–water partition coefficient (Wildman–Crippen LogP) is 1.97. The van der Waals surface area contributed by atoms with E-state index in [9.17, 15) is 8.78 Å². The van der Waals surface area contributed by atoms with Crippen LogP contribution in [-0.4, -0.2) is 18.3 Å². The van der Waals surface area contributed by atoms with Gasteiger partial charge in [0.05, 0.1) is 6.61 Å². The highest BCUT2D eigenvalue weighted by molar-refractivity contribution is 5.24. The maximum atomic E-state index is 13.0. The monoisotopic (exact) mass is 202 g/mol. The molecule has 0 bridgehead atoms. The van der Waals surface area contributed by atoms with Crippen molar-refractivity contribution in [1.29, 1.82) is 0 Å². The summed E-state index contributed by atoms with van der Waals surface area (Å²) in [5, 5.41) is 8.69. The molecule has 1 N–H and O–H groups in total. The molecule has 0 fully saturated rings. The second-order valence-corrected chi connectivity index (χ2v) is 3.17. The fourth-order valence-corrected chi connectivity index (χ4v) is 0.873. The number of halogens is 2. The Hall–Kier alpha value is -1.16. The van der Waals surface area contributed by atoms with Crippen LogP contribution >= 0.6 is 0 Å². The molecule has 1 aromatic carbocycles. The van der Waals surface area contributed by atoms with Gasteiger partial charge in [0, 0.05) is 18.6 Å². The molecule has 0 aliphatic heterocycles. The van der Waals surface area contributed by atoms with Gasteiger partial charge in [-0.25, -0.2) is 8.78 Å². The third-order valence-corrected chi connectivity index (χ3v) is 1.73. The Labute approximate surface area is 81.1 Å². The molecule has 1 aromatic rings. The van der Waals surface area contributed by atoms with E-state index in [0.29, 0.717) is 0 Å². The van der Waals surface area contributed by atoms with Crippen molar-refractivity contribution < 1.29 is 18.6 Å². The zero-order valence-electron chi connectivity index (χ0n) is 7.84. The zero-order valence-corrected chi connectivity index (χ0v) is 7.84. The quantitative estimate of drug-likeness (QED) is 0.808. The number of benzene rings is 1. The molecule has 0 aliphatic rings. The van der Waals surface area contributed by atoms with Gasteiger partial charge in [-0.1, -0.05) is 6.92 Å². The summed E-state index contributed by atoms with van der Waals surface area (Å²) in [7, 11) is 0. The molecule has 14 heavy (non-hydrogen) atoms. The molecule has 2 nitrogen and oxygen atoms in total. The fraction of sp³-hybridized carbons (Fsp3) is 0.400. The minimum Gasteiger partial charge on any atom is -0.490 e. The number of aliphatic hydroxyl groups excluding tert-OH is 1. The second kappa shape index (κ2) is 4.91. The highest BCUT2D eigenvalue weighted by Crippen LogP contribution is 2.18. The van der Waals surface area contributed by atoms with Crippen LogP contribution in [0.1, 0.15) is 6.92 Å². The minimum atomic E-state index is -0.600. The molecule has 4 heteroatoms. The highest BCUT2D eigenvalue weighted by atomic mass is 19.1. The van der Waals surface area contributed by atoms with Crippen molar-refractivity contribution in [2.75, 3.05) is 13.2 Å². The van der Waals surface area contributed by atoms with Crippen molar-refractivity contribution in [1.82, 2.24) is 0 Å². The van der Waals surface area contributed by atoms with Crippen molar-refractivity contribution in [2.45, 2.75) is 6.92 Å². The van der Waals surface area contributed by atoms with E-state index >= 15 is 0 Å². The second-order valence-electron chi connectivity index (χ2n) is 3.17. The maximum absolute atomic E-state index is 13.0. The molecule has 78 valence electrons. The van der Waals surface area contributed by atoms with Gasteiger partial charge in [-0.3, -0.25) is 0 Å². The van der Waals surface area contributed by atoms with Gasteiger partial charge in [-0.05, 0) is 12.1 Å². The largest absolute Gasteiger partial charge is 0.490 e. The Balaban J connectivity index is 2.62. The van der Waals surface area contributed by atoms with Crippen LogP contribution < -0.4 is 4.74 Å². The Kier molecular flexibility index (Phi) is 3.83. The minimum absolute atomic E-state index is 0.0447. The Morgan fingerprint density at radius 1 is 1.43 bits per heavy atom. The molecule has 1 atom stereocenters. The lowest BCUT2D eigenvalue weighted by atomic mass is 10.2. The predicted molar refractivity (Wildman–Crippen MR) is 48.1 cm³/mol. The van der Waals surface area contributed by atoms with Gasteiger partial charge in [0.2, 0.25) is 0 Å². The van der Waals surface area contributed by atoms with E-state index in [1.54, 1.807) is 6.92 Å². The highest BCUT2D eigenvalue weighted by Gasteiger charge is 2.07. The summed E-state index contributed by atoms with van der Waals surface area (Å²) < 4.78 is 30.6. The molecule has 0 saturated carbocycles. The molecular formula is C10H12F2O2. The summed E-state index contributed by atoms with van der Waals surface area (Å²) >= 11 is 0. The van der Waals surface area contributed by atoms with Crippen molar-refractivity contribution in [2.24, 2.45) is 5.92 Å². The fourth-order valence-electron chi connectivity index (χ4n) is 0.873. The van der Waals surface area contributed by atoms with Crippen LogP contribution in [0.25, 0.3) is 0 Å². The van der Waals surface area contributed by atoms with E-state index in [4.69, 9.17) is 9.84 Å². The smallest absolute Gasteiger partial charge is 0.165 e. The van der Waals surface area contributed by atoms with Crippen molar-refractivity contribution in [3.05, 3.63) is 29.8 Å².